The van der Waals surface area contributed by atoms with E-state index in [4.69, 9.17) is 28.9 Å². The van der Waals surface area contributed by atoms with Crippen molar-refractivity contribution in [1.82, 2.24) is 20.4 Å². The molecule has 2 heterocycles. The number of nitrogens with one attached hydrogen (secondary N) is 2. The van der Waals surface area contributed by atoms with Crippen LogP contribution in [0.3, 0.4) is 0 Å². The molecule has 9 heteroatoms. The molecule has 0 radical (unpaired) electrons. The lowest BCUT2D eigenvalue weighted by atomic mass is 10.2. The Morgan fingerprint density at radius 3 is 2.21 bits per heavy atom. The lowest BCUT2D eigenvalue weighted by Crippen LogP contribution is -1.96. The topological polar surface area (TPSA) is 100 Å². The summed E-state index contributed by atoms with van der Waals surface area (Å²) in [6.07, 6.45) is 4.52. The van der Waals surface area contributed by atoms with E-state index in [1.165, 1.54) is 18.5 Å². The summed E-state index contributed by atoms with van der Waals surface area (Å²) in [4.78, 5) is 10.8. The third kappa shape index (κ3) is 5.78. The van der Waals surface area contributed by atoms with Crippen LogP contribution in [-0.2, 0) is 11.2 Å². The molecule has 0 amide bonds. The fraction of sp³-hybridized carbons (Fsp3) is 0.100. The van der Waals surface area contributed by atoms with Crippen LogP contribution in [0.2, 0.25) is 10.3 Å². The summed E-state index contributed by atoms with van der Waals surface area (Å²) in [7, 11) is 0. The first kappa shape index (κ1) is 17.5. The third-order valence-electron chi connectivity index (χ3n) is 1.88. The van der Waals surface area contributed by atoms with E-state index in [0.29, 0.717) is 21.6 Å². The minimum atomic E-state index is -0.0618. The average molecular weight is 325 g/mol. The molecule has 19 heavy (non-hydrogen) atoms. The molecule has 0 fully saturated rings. The zero-order valence-electron chi connectivity index (χ0n) is 9.69. The molecule has 6 nitrogen and oxygen atoms in total. The van der Waals surface area contributed by atoms with Crippen LogP contribution in [-0.4, -0.2) is 26.2 Å². The molecule has 2 aromatic heterocycles. The number of aromatic nitrogens is 4. The minimum Gasteiger partial charge on any atom is -0.395 e. The molecule has 0 unspecified atom stereocenters. The fourth-order valence-electron chi connectivity index (χ4n) is 0.958. The molecule has 0 spiro atoms. The fourth-order valence-corrected chi connectivity index (χ4v) is 1.22. The maximum Gasteiger partial charge on any atom is 0.159 e. The number of rotatable bonds is 3. The monoisotopic (exact) mass is 323 g/mol. The van der Waals surface area contributed by atoms with E-state index < -0.39 is 0 Å². The number of hydrogen-bond acceptors (Lipinski definition) is 4. The number of aromatic amines is 2. The van der Waals surface area contributed by atoms with E-state index in [-0.39, 0.29) is 24.6 Å². The van der Waals surface area contributed by atoms with Gasteiger partial charge in [-0.15, -0.1) is 12.4 Å². The maximum atomic E-state index is 10.8. The summed E-state index contributed by atoms with van der Waals surface area (Å²) in [5.41, 5.74) is 6.41. The van der Waals surface area contributed by atoms with Gasteiger partial charge in [-0.2, -0.15) is 10.2 Å². The summed E-state index contributed by atoms with van der Waals surface area (Å²) < 4.78 is 0. The van der Waals surface area contributed by atoms with Crippen LogP contribution in [0, 0.1) is 0 Å². The van der Waals surface area contributed by atoms with Gasteiger partial charge in [0.2, 0.25) is 0 Å². The van der Waals surface area contributed by atoms with Gasteiger partial charge in [-0.3, -0.25) is 15.0 Å². The van der Waals surface area contributed by atoms with Crippen molar-refractivity contribution in [3.8, 4) is 0 Å². The van der Waals surface area contributed by atoms with Gasteiger partial charge in [-0.1, -0.05) is 29.8 Å². The Bertz CT molecular complexity index is 520. The number of carbonyl (C=O) groups excluding carboxylic acids is 1. The van der Waals surface area contributed by atoms with Gasteiger partial charge in [0.05, 0.1) is 18.1 Å². The van der Waals surface area contributed by atoms with Crippen molar-refractivity contribution in [2.45, 2.75) is 6.42 Å². The molecular weight excluding hydrogens is 313 g/mol. The first-order valence-electron chi connectivity index (χ1n) is 4.82. The molecule has 0 aromatic carbocycles. The highest BCUT2D eigenvalue weighted by Gasteiger charge is 2.04. The number of nitrogens with zero attached hydrogens (tertiary/aromatic N) is 2. The number of H-pyrrole nitrogens is 2. The number of nitrogen functional groups attached to an aromatic ring is 1. The predicted molar refractivity (Wildman–Crippen MR) is 77.8 cm³/mol. The SMILES string of the molecule is C=CC(=O)Cc1cn[nH]c1Cl.Cl.Nc1cn[nH]c1Cl. The highest BCUT2D eigenvalue weighted by atomic mass is 35.5. The van der Waals surface area contributed by atoms with Crippen LogP contribution >= 0.6 is 35.6 Å². The first-order valence-corrected chi connectivity index (χ1v) is 5.57. The molecule has 0 saturated heterocycles. The predicted octanol–water partition coefficient (Wildman–Crippen LogP) is 2.43. The van der Waals surface area contributed by atoms with Crippen LogP contribution in [0.5, 0.6) is 0 Å². The minimum absolute atomic E-state index is 0. The Morgan fingerprint density at radius 2 is 1.89 bits per heavy atom. The number of ketones is 1. The zero-order chi connectivity index (χ0) is 13.5. The summed E-state index contributed by atoms with van der Waals surface area (Å²) in [6.45, 7) is 3.35. The van der Waals surface area contributed by atoms with Crippen molar-refractivity contribution >= 4 is 47.1 Å². The van der Waals surface area contributed by atoms with E-state index >= 15 is 0 Å². The smallest absolute Gasteiger partial charge is 0.159 e. The van der Waals surface area contributed by atoms with Crippen molar-refractivity contribution in [2.24, 2.45) is 0 Å². The van der Waals surface area contributed by atoms with E-state index in [1.54, 1.807) is 0 Å². The van der Waals surface area contributed by atoms with E-state index in [1.807, 2.05) is 0 Å². The summed E-state index contributed by atoms with van der Waals surface area (Å²) >= 11 is 11.0. The Kier molecular flexibility index (Phi) is 7.90. The zero-order valence-corrected chi connectivity index (χ0v) is 12.0. The molecule has 2 rings (SSSR count). The number of anilines is 1. The van der Waals surface area contributed by atoms with Gasteiger partial charge in [0.25, 0.3) is 0 Å². The number of allylic oxidation sites excluding steroid dienone is 1. The largest absolute Gasteiger partial charge is 0.395 e. The number of hydrogen-bond donors (Lipinski definition) is 3. The average Bonchev–Trinajstić information content (AvgIpc) is 2.91. The van der Waals surface area contributed by atoms with Crippen molar-refractivity contribution < 1.29 is 4.79 Å². The molecule has 0 bridgehead atoms. The second-order valence-electron chi connectivity index (χ2n) is 3.20. The molecule has 0 aliphatic heterocycles. The molecule has 0 saturated carbocycles. The first-order chi connectivity index (χ1) is 8.54. The van der Waals surface area contributed by atoms with Gasteiger partial charge in [0.1, 0.15) is 10.3 Å². The lowest BCUT2D eigenvalue weighted by Gasteiger charge is -1.90. The molecule has 0 aliphatic rings. The van der Waals surface area contributed by atoms with Gasteiger partial charge in [-0.25, -0.2) is 0 Å². The number of halogens is 3. The second kappa shape index (κ2) is 8.58. The molecule has 0 aliphatic carbocycles. The van der Waals surface area contributed by atoms with Gasteiger partial charge < -0.3 is 5.73 Å². The second-order valence-corrected chi connectivity index (χ2v) is 3.95. The summed E-state index contributed by atoms with van der Waals surface area (Å²) in [5, 5.41) is 13.0. The van der Waals surface area contributed by atoms with Gasteiger partial charge in [0.15, 0.2) is 5.78 Å². The quantitative estimate of drug-likeness (QED) is 0.755. The summed E-state index contributed by atoms with van der Waals surface area (Å²) in [5.74, 6) is -0.0618. The molecule has 4 N–H and O–H groups in total. The Balaban J connectivity index is 0.000000352. The van der Waals surface area contributed by atoms with E-state index in [2.05, 4.69) is 27.0 Å². The van der Waals surface area contributed by atoms with Crippen LogP contribution in [0.1, 0.15) is 5.56 Å². The van der Waals surface area contributed by atoms with Crippen LogP contribution in [0.4, 0.5) is 5.69 Å². The third-order valence-corrected chi connectivity index (χ3v) is 2.51. The van der Waals surface area contributed by atoms with Gasteiger partial charge >= 0.3 is 0 Å². The molecule has 104 valence electrons. The number of carbonyl (C=O) groups is 1. The summed E-state index contributed by atoms with van der Waals surface area (Å²) in [6, 6.07) is 0. The van der Waals surface area contributed by atoms with Gasteiger partial charge in [-0.05, 0) is 6.08 Å². The molecule has 2 aromatic rings. The van der Waals surface area contributed by atoms with Crippen molar-refractivity contribution in [3.05, 3.63) is 40.9 Å². The number of nitrogens with two attached hydrogens (primary N) is 1. The van der Waals surface area contributed by atoms with Crippen molar-refractivity contribution in [3.63, 3.8) is 0 Å². The lowest BCUT2D eigenvalue weighted by molar-refractivity contribution is -0.114. The highest BCUT2D eigenvalue weighted by Crippen LogP contribution is 2.11. The van der Waals surface area contributed by atoms with Crippen molar-refractivity contribution in [1.29, 1.82) is 0 Å². The maximum absolute atomic E-state index is 10.8. The molecular formula is C10H12Cl3N5O. The van der Waals surface area contributed by atoms with Crippen LogP contribution < -0.4 is 5.73 Å². The Labute approximate surface area is 125 Å². The van der Waals surface area contributed by atoms with Crippen LogP contribution in [0.25, 0.3) is 0 Å². The highest BCUT2D eigenvalue weighted by molar-refractivity contribution is 6.31. The van der Waals surface area contributed by atoms with E-state index in [0.717, 1.165) is 0 Å². The van der Waals surface area contributed by atoms with E-state index in [9.17, 15) is 4.79 Å². The van der Waals surface area contributed by atoms with Crippen LogP contribution in [0.15, 0.2) is 25.0 Å². The Morgan fingerprint density at radius 1 is 1.32 bits per heavy atom. The Hall–Kier alpha value is -1.50. The van der Waals surface area contributed by atoms with Gasteiger partial charge in [0, 0.05) is 12.0 Å². The molecule has 0 atom stereocenters. The standard InChI is InChI=1S/C7H7ClN2O.C3H4ClN3.ClH/c1-2-6(11)3-5-4-9-10-7(5)8;4-3-2(5)1-6-7-3;/h2,4H,1,3H2,(H,9,10);1H,5H2,(H,6,7);1H. The van der Waals surface area contributed by atoms with Crippen molar-refractivity contribution in [2.75, 3.05) is 5.73 Å². The normalized spacial score (nSPS) is 8.95.